The number of rotatable bonds is 3. The highest BCUT2D eigenvalue weighted by Crippen LogP contribution is 2.50. The fourth-order valence-electron chi connectivity index (χ4n) is 5.97. The van der Waals surface area contributed by atoms with Crippen molar-refractivity contribution in [3.05, 3.63) is 47.5 Å². The predicted molar refractivity (Wildman–Crippen MR) is 118 cm³/mol. The number of epoxide rings is 1. The SMILES string of the molecule is C/C1=C\CC[C@@]2(C)O[C@@H]2[C@H]2OC(=O)[C@@H](CN3CCC(O)(c4ccccc4)CC3)[C@@H]2CC1. The number of hydrogen-bond acceptors (Lipinski definition) is 5. The summed E-state index contributed by atoms with van der Waals surface area (Å²) >= 11 is 0. The summed E-state index contributed by atoms with van der Waals surface area (Å²) in [5.74, 6) is 0.0435. The lowest BCUT2D eigenvalue weighted by Gasteiger charge is -2.39. The first-order valence-electron chi connectivity index (χ1n) is 11.9. The molecule has 3 heterocycles. The molecule has 0 saturated carbocycles. The van der Waals surface area contributed by atoms with Crippen molar-refractivity contribution in [1.29, 1.82) is 0 Å². The van der Waals surface area contributed by atoms with E-state index in [9.17, 15) is 9.90 Å². The largest absolute Gasteiger partial charge is 0.459 e. The molecule has 31 heavy (non-hydrogen) atoms. The van der Waals surface area contributed by atoms with Gasteiger partial charge in [-0.3, -0.25) is 4.79 Å². The molecule has 3 aliphatic heterocycles. The molecule has 1 aromatic carbocycles. The predicted octanol–water partition coefficient (Wildman–Crippen LogP) is 3.81. The summed E-state index contributed by atoms with van der Waals surface area (Å²) in [6, 6.07) is 9.97. The van der Waals surface area contributed by atoms with Crippen molar-refractivity contribution in [2.24, 2.45) is 11.8 Å². The summed E-state index contributed by atoms with van der Waals surface area (Å²) in [6.45, 7) is 6.67. The van der Waals surface area contributed by atoms with E-state index in [4.69, 9.17) is 9.47 Å². The second-order valence-corrected chi connectivity index (χ2v) is 10.3. The summed E-state index contributed by atoms with van der Waals surface area (Å²) in [4.78, 5) is 15.3. The van der Waals surface area contributed by atoms with Crippen LogP contribution in [-0.2, 0) is 19.9 Å². The zero-order valence-electron chi connectivity index (χ0n) is 18.8. The summed E-state index contributed by atoms with van der Waals surface area (Å²) in [5.41, 5.74) is 1.49. The van der Waals surface area contributed by atoms with Crippen LogP contribution in [0.2, 0.25) is 0 Å². The highest BCUT2D eigenvalue weighted by molar-refractivity contribution is 5.76. The van der Waals surface area contributed by atoms with Crippen LogP contribution in [0.5, 0.6) is 0 Å². The van der Waals surface area contributed by atoms with Crippen molar-refractivity contribution < 1.29 is 19.4 Å². The zero-order valence-corrected chi connectivity index (χ0v) is 18.8. The average Bonchev–Trinajstić information content (AvgIpc) is 3.34. The van der Waals surface area contributed by atoms with Gasteiger partial charge in [0, 0.05) is 25.6 Å². The van der Waals surface area contributed by atoms with Crippen LogP contribution in [0.25, 0.3) is 0 Å². The van der Waals surface area contributed by atoms with Gasteiger partial charge in [0.2, 0.25) is 0 Å². The van der Waals surface area contributed by atoms with Gasteiger partial charge in [-0.05, 0) is 57.9 Å². The van der Waals surface area contributed by atoms with Gasteiger partial charge < -0.3 is 19.5 Å². The Balaban J connectivity index is 1.27. The first-order chi connectivity index (χ1) is 14.9. The molecule has 0 unspecified atom stereocenters. The van der Waals surface area contributed by atoms with Crippen molar-refractivity contribution in [3.63, 3.8) is 0 Å². The first kappa shape index (κ1) is 21.2. The van der Waals surface area contributed by atoms with E-state index >= 15 is 0 Å². The highest BCUT2D eigenvalue weighted by Gasteiger charge is 2.62. The fourth-order valence-corrected chi connectivity index (χ4v) is 5.97. The van der Waals surface area contributed by atoms with Crippen LogP contribution in [0, 0.1) is 11.8 Å². The van der Waals surface area contributed by atoms with Crippen molar-refractivity contribution in [2.75, 3.05) is 19.6 Å². The molecule has 3 fully saturated rings. The summed E-state index contributed by atoms with van der Waals surface area (Å²) in [7, 11) is 0. The van der Waals surface area contributed by atoms with Crippen molar-refractivity contribution >= 4 is 5.97 Å². The van der Waals surface area contributed by atoms with Gasteiger partial charge in [-0.2, -0.15) is 0 Å². The fraction of sp³-hybridized carbons (Fsp3) is 0.654. The smallest absolute Gasteiger partial charge is 0.311 e. The van der Waals surface area contributed by atoms with Crippen LogP contribution in [-0.4, -0.2) is 53.4 Å². The molecular weight excluding hydrogens is 390 g/mol. The molecule has 1 N–H and O–H groups in total. The summed E-state index contributed by atoms with van der Waals surface area (Å²) in [6.07, 6.45) is 7.67. The van der Waals surface area contributed by atoms with Gasteiger partial charge in [-0.1, -0.05) is 42.0 Å². The Hall–Kier alpha value is -1.69. The van der Waals surface area contributed by atoms with E-state index in [1.54, 1.807) is 0 Å². The average molecular weight is 426 g/mol. The number of carbonyl (C=O) groups is 1. The molecule has 1 aromatic rings. The molecule has 0 radical (unpaired) electrons. The normalized spacial score (nSPS) is 39.6. The minimum absolute atomic E-state index is 0.0442. The van der Waals surface area contributed by atoms with Crippen LogP contribution in [0.15, 0.2) is 42.0 Å². The Morgan fingerprint density at radius 1 is 1.16 bits per heavy atom. The number of hydrogen-bond donors (Lipinski definition) is 1. The number of nitrogens with zero attached hydrogens (tertiary/aromatic N) is 1. The third-order valence-corrected chi connectivity index (χ3v) is 8.19. The third kappa shape index (κ3) is 4.08. The highest BCUT2D eigenvalue weighted by atomic mass is 16.6. The van der Waals surface area contributed by atoms with Gasteiger partial charge in [-0.25, -0.2) is 0 Å². The second kappa shape index (κ2) is 8.02. The van der Waals surface area contributed by atoms with Crippen LogP contribution < -0.4 is 0 Å². The van der Waals surface area contributed by atoms with E-state index in [-0.39, 0.29) is 35.6 Å². The Labute approximate surface area is 185 Å². The maximum Gasteiger partial charge on any atom is 0.311 e. The van der Waals surface area contributed by atoms with E-state index in [0.717, 1.165) is 50.9 Å². The van der Waals surface area contributed by atoms with Gasteiger partial charge in [0.25, 0.3) is 0 Å². The second-order valence-electron chi connectivity index (χ2n) is 10.3. The lowest BCUT2D eigenvalue weighted by molar-refractivity contribution is -0.145. The third-order valence-electron chi connectivity index (χ3n) is 8.19. The maximum atomic E-state index is 12.9. The number of aliphatic hydroxyl groups is 1. The topological polar surface area (TPSA) is 62.3 Å². The number of ether oxygens (including phenoxy) is 2. The zero-order chi connectivity index (χ0) is 21.6. The number of carbonyl (C=O) groups excluding carboxylic acids is 1. The van der Waals surface area contributed by atoms with E-state index in [0.29, 0.717) is 12.8 Å². The molecule has 168 valence electrons. The van der Waals surface area contributed by atoms with Crippen LogP contribution in [0.4, 0.5) is 0 Å². The summed E-state index contributed by atoms with van der Waals surface area (Å²) < 4.78 is 12.1. The van der Waals surface area contributed by atoms with Gasteiger partial charge in [0.05, 0.1) is 17.1 Å². The lowest BCUT2D eigenvalue weighted by atomic mass is 9.79. The Bertz CT molecular complexity index is 844. The van der Waals surface area contributed by atoms with E-state index in [1.807, 2.05) is 30.3 Å². The molecule has 5 rings (SSSR count). The lowest BCUT2D eigenvalue weighted by Crippen LogP contribution is -2.45. The maximum absolute atomic E-state index is 12.9. The standard InChI is InChI=1S/C26H35NO4/c1-18-7-6-12-25(2)23(31-25)22-20(11-10-18)21(24(28)30-22)17-27-15-13-26(29,14-16-27)19-8-4-3-5-9-19/h3-5,7-9,20-23,29H,6,10-17H2,1-2H3/b18-7+/t20-,21-,22-,23+,25+/m0/s1. The van der Waals surface area contributed by atoms with E-state index < -0.39 is 5.60 Å². The molecule has 5 atom stereocenters. The van der Waals surface area contributed by atoms with Gasteiger partial charge in [-0.15, -0.1) is 0 Å². The van der Waals surface area contributed by atoms with Crippen LogP contribution in [0.1, 0.15) is 57.9 Å². The number of piperidine rings is 1. The monoisotopic (exact) mass is 425 g/mol. The van der Waals surface area contributed by atoms with Gasteiger partial charge in [0.15, 0.2) is 0 Å². The molecular formula is C26H35NO4. The Morgan fingerprint density at radius 2 is 1.90 bits per heavy atom. The van der Waals surface area contributed by atoms with E-state index in [2.05, 4.69) is 24.8 Å². The molecule has 3 saturated heterocycles. The number of allylic oxidation sites excluding steroid dienone is 2. The van der Waals surface area contributed by atoms with Crippen molar-refractivity contribution in [3.8, 4) is 0 Å². The quantitative estimate of drug-likeness (QED) is 0.453. The number of fused-ring (bicyclic) bond motifs is 3. The number of esters is 1. The molecule has 0 amide bonds. The van der Waals surface area contributed by atoms with Crippen molar-refractivity contribution in [2.45, 2.75) is 75.8 Å². The molecule has 1 aliphatic carbocycles. The Kier molecular flexibility index (Phi) is 5.48. The van der Waals surface area contributed by atoms with Crippen molar-refractivity contribution in [1.82, 2.24) is 4.90 Å². The molecule has 0 bridgehead atoms. The first-order valence-corrected chi connectivity index (χ1v) is 11.9. The number of likely N-dealkylation sites (tertiary alicyclic amines) is 1. The number of benzene rings is 1. The molecule has 0 spiro atoms. The van der Waals surface area contributed by atoms with Crippen LogP contribution >= 0.6 is 0 Å². The van der Waals surface area contributed by atoms with Crippen LogP contribution in [0.3, 0.4) is 0 Å². The minimum Gasteiger partial charge on any atom is -0.459 e. The van der Waals surface area contributed by atoms with Gasteiger partial charge in [0.1, 0.15) is 12.2 Å². The Morgan fingerprint density at radius 3 is 2.65 bits per heavy atom. The molecule has 4 aliphatic rings. The molecule has 0 aromatic heterocycles. The minimum atomic E-state index is -0.765. The van der Waals surface area contributed by atoms with Gasteiger partial charge >= 0.3 is 5.97 Å². The molecule has 5 nitrogen and oxygen atoms in total. The van der Waals surface area contributed by atoms with E-state index in [1.165, 1.54) is 5.57 Å². The molecule has 5 heteroatoms. The summed E-state index contributed by atoms with van der Waals surface area (Å²) in [5, 5.41) is 11.1.